The van der Waals surface area contributed by atoms with Gasteiger partial charge in [-0.25, -0.2) is 32.5 Å². The summed E-state index contributed by atoms with van der Waals surface area (Å²) < 4.78 is 58.0. The van der Waals surface area contributed by atoms with E-state index in [9.17, 15) is 22.4 Å². The van der Waals surface area contributed by atoms with E-state index in [1.807, 2.05) is 0 Å². The van der Waals surface area contributed by atoms with Crippen LogP contribution in [0.1, 0.15) is 23.7 Å². The maximum absolute atomic E-state index is 15.0. The number of carbonyl (C=O) groups excluding carboxylic acids is 1. The SMILES string of the molecule is CN(C)C(=O)[C@]12C=C1[C@@](C)(c1cc(/C=C(\F)c3cnc(OCC(F)F)cn3)ccc1F)N=C(N)S2. The zero-order valence-electron chi connectivity index (χ0n) is 18.9. The van der Waals surface area contributed by atoms with Crippen molar-refractivity contribution < 1.29 is 27.1 Å². The molecule has 0 saturated carbocycles. The number of benzene rings is 1. The van der Waals surface area contributed by atoms with Gasteiger partial charge in [0.2, 0.25) is 11.8 Å². The van der Waals surface area contributed by atoms with Crippen molar-refractivity contribution in [2.75, 3.05) is 20.7 Å². The molecule has 7 nitrogen and oxygen atoms in total. The van der Waals surface area contributed by atoms with Crippen molar-refractivity contribution in [1.29, 1.82) is 0 Å². The molecule has 1 amide bonds. The van der Waals surface area contributed by atoms with Gasteiger partial charge >= 0.3 is 0 Å². The number of ether oxygens (including phenoxy) is 1. The monoisotopic (exact) mass is 507 g/mol. The van der Waals surface area contributed by atoms with Crippen LogP contribution < -0.4 is 10.5 Å². The van der Waals surface area contributed by atoms with Crippen LogP contribution >= 0.6 is 11.8 Å². The van der Waals surface area contributed by atoms with E-state index in [1.165, 1.54) is 23.1 Å². The number of amidine groups is 1. The summed E-state index contributed by atoms with van der Waals surface area (Å²) in [6, 6.07) is 3.98. The number of amides is 1. The van der Waals surface area contributed by atoms with Gasteiger partial charge in [-0.3, -0.25) is 4.79 Å². The lowest BCUT2D eigenvalue weighted by atomic mass is 9.86. The number of fused-ring (bicyclic) bond motifs is 1. The van der Waals surface area contributed by atoms with E-state index >= 15 is 0 Å². The van der Waals surface area contributed by atoms with E-state index in [2.05, 4.69) is 15.0 Å². The van der Waals surface area contributed by atoms with Gasteiger partial charge in [0.1, 0.15) is 21.8 Å². The zero-order chi connectivity index (χ0) is 25.5. The average molecular weight is 508 g/mol. The molecule has 0 bridgehead atoms. The maximum Gasteiger partial charge on any atom is 0.272 e. The van der Waals surface area contributed by atoms with Gasteiger partial charge in [0.15, 0.2) is 17.6 Å². The van der Waals surface area contributed by atoms with Gasteiger partial charge in [-0.15, -0.1) is 0 Å². The summed E-state index contributed by atoms with van der Waals surface area (Å²) in [5.41, 5.74) is 5.65. The van der Waals surface area contributed by atoms with Gasteiger partial charge in [-0.1, -0.05) is 23.9 Å². The van der Waals surface area contributed by atoms with Crippen LogP contribution in [-0.4, -0.2) is 57.8 Å². The lowest BCUT2D eigenvalue weighted by molar-refractivity contribution is -0.128. The van der Waals surface area contributed by atoms with Crippen LogP contribution in [0.15, 0.2) is 47.2 Å². The second-order valence-electron chi connectivity index (χ2n) is 8.29. The average Bonchev–Trinajstić information content (AvgIpc) is 3.55. The number of carbonyl (C=O) groups is 1. The lowest BCUT2D eigenvalue weighted by Crippen LogP contribution is -2.43. The first-order valence-electron chi connectivity index (χ1n) is 10.4. The number of hydrogen-bond donors (Lipinski definition) is 1. The largest absolute Gasteiger partial charge is 0.470 e. The van der Waals surface area contributed by atoms with Crippen molar-refractivity contribution in [2.24, 2.45) is 10.7 Å². The highest BCUT2D eigenvalue weighted by molar-refractivity contribution is 8.16. The van der Waals surface area contributed by atoms with Crippen molar-refractivity contribution in [1.82, 2.24) is 14.9 Å². The molecule has 2 aromatic rings. The molecule has 2 N–H and O–H groups in total. The highest BCUT2D eigenvalue weighted by Gasteiger charge is 2.63. The maximum atomic E-state index is 15.0. The van der Waals surface area contributed by atoms with Crippen LogP contribution in [0.25, 0.3) is 11.9 Å². The summed E-state index contributed by atoms with van der Waals surface area (Å²) in [6.45, 7) is 0.800. The van der Waals surface area contributed by atoms with Crippen LogP contribution in [0.4, 0.5) is 17.6 Å². The zero-order valence-corrected chi connectivity index (χ0v) is 19.7. The number of halogens is 4. The third-order valence-electron chi connectivity index (χ3n) is 5.55. The number of aliphatic imine (C=N–C) groups is 1. The molecule has 2 aliphatic rings. The predicted octanol–water partition coefficient (Wildman–Crippen LogP) is 3.77. The second-order valence-corrected chi connectivity index (χ2v) is 9.56. The fourth-order valence-corrected chi connectivity index (χ4v) is 5.18. The van der Waals surface area contributed by atoms with Crippen molar-refractivity contribution in [3.63, 3.8) is 0 Å². The summed E-state index contributed by atoms with van der Waals surface area (Å²) in [7, 11) is 3.24. The molecule has 35 heavy (non-hydrogen) atoms. The van der Waals surface area contributed by atoms with E-state index in [0.29, 0.717) is 11.1 Å². The van der Waals surface area contributed by atoms with Crippen molar-refractivity contribution in [3.05, 3.63) is 64.9 Å². The summed E-state index contributed by atoms with van der Waals surface area (Å²) in [4.78, 5) is 26.3. The summed E-state index contributed by atoms with van der Waals surface area (Å²) >= 11 is 1.10. The standard InChI is InChI=1S/C23H21F4N5O2S/c1-22(17-8-23(17,20(33)32(2)3)35-21(28)31-22)13-6-12(4-5-14(13)24)7-15(25)16-9-30-19(10-29-16)34-11-18(26)27/h4-10,18H,11H2,1-3H3,(H2,28,31)/b15-7-/t22-,23+/m1/s1. The Kier molecular flexibility index (Phi) is 6.34. The minimum Gasteiger partial charge on any atom is -0.470 e. The molecule has 0 unspecified atom stereocenters. The van der Waals surface area contributed by atoms with Crippen LogP contribution in [0.2, 0.25) is 0 Å². The van der Waals surface area contributed by atoms with Gasteiger partial charge in [-0.05, 0) is 36.3 Å². The number of alkyl halides is 2. The fraction of sp³-hybridized carbons (Fsp3) is 0.304. The minimum absolute atomic E-state index is 0.129. The van der Waals surface area contributed by atoms with Crippen molar-refractivity contribution in [2.45, 2.75) is 23.6 Å². The van der Waals surface area contributed by atoms with E-state index in [0.717, 1.165) is 30.2 Å². The first-order chi connectivity index (χ1) is 16.5. The Labute approximate surface area is 202 Å². The summed E-state index contributed by atoms with van der Waals surface area (Å²) in [6.07, 6.45) is 2.24. The number of nitrogens with zero attached hydrogens (tertiary/aromatic N) is 4. The van der Waals surface area contributed by atoms with E-state index < -0.39 is 35.0 Å². The van der Waals surface area contributed by atoms with Crippen LogP contribution in [-0.2, 0) is 10.3 Å². The Bertz CT molecular complexity index is 1270. The molecule has 1 aromatic carbocycles. The third kappa shape index (κ3) is 4.62. The van der Waals surface area contributed by atoms with Gasteiger partial charge in [0.05, 0.1) is 12.4 Å². The minimum atomic E-state index is -2.68. The molecule has 12 heteroatoms. The normalized spacial score (nSPS) is 23.4. The van der Waals surface area contributed by atoms with Crippen molar-refractivity contribution in [3.8, 4) is 5.88 Å². The molecule has 0 saturated heterocycles. The van der Waals surface area contributed by atoms with Gasteiger partial charge < -0.3 is 15.4 Å². The fourth-order valence-electron chi connectivity index (χ4n) is 3.87. The first kappa shape index (κ1) is 24.7. The van der Waals surface area contributed by atoms with Gasteiger partial charge in [0, 0.05) is 19.7 Å². The van der Waals surface area contributed by atoms with Crippen LogP contribution in [0.3, 0.4) is 0 Å². The Morgan fingerprint density at radius 1 is 1.29 bits per heavy atom. The number of hydrogen-bond acceptors (Lipinski definition) is 7. The Balaban J connectivity index is 1.63. The number of rotatable bonds is 7. The predicted molar refractivity (Wildman–Crippen MR) is 125 cm³/mol. The van der Waals surface area contributed by atoms with Crippen LogP contribution in [0.5, 0.6) is 5.88 Å². The lowest BCUT2D eigenvalue weighted by Gasteiger charge is -2.34. The van der Waals surface area contributed by atoms with Gasteiger partial charge in [-0.2, -0.15) is 0 Å². The Morgan fingerprint density at radius 3 is 2.66 bits per heavy atom. The third-order valence-corrected chi connectivity index (χ3v) is 6.69. The van der Waals surface area contributed by atoms with Crippen molar-refractivity contribution >= 4 is 34.7 Å². The molecule has 0 spiro atoms. The summed E-state index contributed by atoms with van der Waals surface area (Å²) in [5, 5.41) is 0.135. The molecule has 0 fully saturated rings. The second kappa shape index (κ2) is 8.99. The molecule has 184 valence electrons. The highest BCUT2D eigenvalue weighted by atomic mass is 32.2. The Hall–Kier alpha value is -3.41. The topological polar surface area (TPSA) is 93.7 Å². The Morgan fingerprint density at radius 2 is 2.03 bits per heavy atom. The quantitative estimate of drug-likeness (QED) is 0.453. The number of thioether (sulfide) groups is 1. The van der Waals surface area contributed by atoms with E-state index in [-0.39, 0.29) is 28.2 Å². The van der Waals surface area contributed by atoms with Crippen LogP contribution in [0, 0.1) is 5.82 Å². The molecule has 2 heterocycles. The molecule has 1 aromatic heterocycles. The smallest absolute Gasteiger partial charge is 0.272 e. The molecule has 1 aliphatic heterocycles. The highest BCUT2D eigenvalue weighted by Crippen LogP contribution is 2.60. The number of aromatic nitrogens is 2. The van der Waals surface area contributed by atoms with E-state index in [1.54, 1.807) is 27.1 Å². The summed E-state index contributed by atoms with van der Waals surface area (Å²) in [5.74, 6) is -1.75. The van der Waals surface area contributed by atoms with Gasteiger partial charge in [0.25, 0.3) is 6.43 Å². The molecule has 4 rings (SSSR count). The van der Waals surface area contributed by atoms with E-state index in [4.69, 9.17) is 10.5 Å². The first-order valence-corrected chi connectivity index (χ1v) is 11.2. The molecular formula is C23H21F4N5O2S. The molecule has 1 aliphatic carbocycles. The number of nitrogens with two attached hydrogens (primary N) is 1. The molecule has 0 radical (unpaired) electrons. The molecular weight excluding hydrogens is 486 g/mol. The molecule has 2 atom stereocenters.